The van der Waals surface area contributed by atoms with Crippen LogP contribution >= 0.6 is 11.6 Å². The predicted molar refractivity (Wildman–Crippen MR) is 95.4 cm³/mol. The molecule has 0 unspecified atom stereocenters. The van der Waals surface area contributed by atoms with Gasteiger partial charge in [0.2, 0.25) is 0 Å². The largest absolute Gasteiger partial charge is 0.357 e. The van der Waals surface area contributed by atoms with Gasteiger partial charge in [-0.05, 0) is 57.3 Å². The molecule has 0 radical (unpaired) electrons. The van der Waals surface area contributed by atoms with Crippen LogP contribution in [0.15, 0.2) is 12.1 Å². The van der Waals surface area contributed by atoms with E-state index in [9.17, 15) is 4.79 Å². The number of amides is 1. The average Bonchev–Trinajstić information content (AvgIpc) is 2.55. The first-order valence-electron chi connectivity index (χ1n) is 8.30. The summed E-state index contributed by atoms with van der Waals surface area (Å²) in [5, 5.41) is 3.49. The number of aromatic nitrogens is 1. The summed E-state index contributed by atoms with van der Waals surface area (Å²) >= 11 is 6.21. The second kappa shape index (κ2) is 8.50. The van der Waals surface area contributed by atoms with Crippen LogP contribution in [-0.4, -0.2) is 56.6 Å². The summed E-state index contributed by atoms with van der Waals surface area (Å²) < 4.78 is 0. The molecule has 1 aliphatic heterocycles. The number of halogens is 1. The van der Waals surface area contributed by atoms with E-state index in [2.05, 4.69) is 15.2 Å². The molecule has 128 valence electrons. The van der Waals surface area contributed by atoms with Crippen molar-refractivity contribution in [1.82, 2.24) is 15.2 Å². The number of rotatable bonds is 6. The Morgan fingerprint density at radius 1 is 1.39 bits per heavy atom. The SMILES string of the molecule is CNCCCC1CCN(c2ccc(C(=O)N(C)C)c(Cl)n2)CC1. The van der Waals surface area contributed by atoms with Gasteiger partial charge in [0.05, 0.1) is 5.56 Å². The van der Waals surface area contributed by atoms with Crippen LogP contribution in [0.1, 0.15) is 36.0 Å². The number of carbonyl (C=O) groups excluding carboxylic acids is 1. The maximum Gasteiger partial charge on any atom is 0.256 e. The molecule has 2 rings (SSSR count). The molecule has 23 heavy (non-hydrogen) atoms. The highest BCUT2D eigenvalue weighted by Gasteiger charge is 2.21. The standard InChI is InChI=1S/C17H27ClN4O/c1-19-10-4-5-13-8-11-22(12-9-13)15-7-6-14(16(18)20-15)17(23)21(2)3/h6-7,13,19H,4-5,8-12H2,1-3H3. The third-order valence-corrected chi connectivity index (χ3v) is 4.74. The molecule has 1 aromatic rings. The molecular formula is C17H27ClN4O. The molecular weight excluding hydrogens is 312 g/mol. The molecule has 0 atom stereocenters. The Balaban J connectivity index is 1.94. The van der Waals surface area contributed by atoms with Crippen molar-refractivity contribution in [2.75, 3.05) is 45.7 Å². The molecule has 5 nitrogen and oxygen atoms in total. The second-order valence-corrected chi connectivity index (χ2v) is 6.74. The fraction of sp³-hybridized carbons (Fsp3) is 0.647. The van der Waals surface area contributed by atoms with E-state index in [4.69, 9.17) is 11.6 Å². The summed E-state index contributed by atoms with van der Waals surface area (Å²) in [5.41, 5.74) is 0.461. The molecule has 2 heterocycles. The zero-order valence-electron chi connectivity index (χ0n) is 14.3. The minimum absolute atomic E-state index is 0.114. The van der Waals surface area contributed by atoms with Crippen molar-refractivity contribution in [3.05, 3.63) is 22.8 Å². The molecule has 0 spiro atoms. The Bertz CT molecular complexity index is 527. The zero-order chi connectivity index (χ0) is 16.8. The summed E-state index contributed by atoms with van der Waals surface area (Å²) in [6, 6.07) is 3.69. The highest BCUT2D eigenvalue weighted by Crippen LogP contribution is 2.27. The van der Waals surface area contributed by atoms with Gasteiger partial charge in [-0.2, -0.15) is 0 Å². The van der Waals surface area contributed by atoms with E-state index in [1.165, 1.54) is 30.6 Å². The molecule has 1 N–H and O–H groups in total. The number of nitrogens with zero attached hydrogens (tertiary/aromatic N) is 3. The molecule has 1 aromatic heterocycles. The summed E-state index contributed by atoms with van der Waals surface area (Å²) in [7, 11) is 5.43. The monoisotopic (exact) mass is 338 g/mol. The van der Waals surface area contributed by atoms with Crippen LogP contribution in [0.4, 0.5) is 5.82 Å². The Morgan fingerprint density at radius 3 is 2.65 bits per heavy atom. The number of nitrogens with one attached hydrogen (secondary N) is 1. The van der Waals surface area contributed by atoms with E-state index in [0.29, 0.717) is 5.56 Å². The van der Waals surface area contributed by atoms with Crippen LogP contribution in [0.2, 0.25) is 5.15 Å². The normalized spacial score (nSPS) is 15.7. The molecule has 6 heteroatoms. The van der Waals surface area contributed by atoms with Gasteiger partial charge in [0.15, 0.2) is 0 Å². The smallest absolute Gasteiger partial charge is 0.256 e. The summed E-state index contributed by atoms with van der Waals surface area (Å²) in [4.78, 5) is 20.2. The number of pyridine rings is 1. The number of hydrogen-bond donors (Lipinski definition) is 1. The Labute approximate surface area is 144 Å². The molecule has 1 fully saturated rings. The van der Waals surface area contributed by atoms with E-state index < -0.39 is 0 Å². The molecule has 0 bridgehead atoms. The van der Waals surface area contributed by atoms with Crippen molar-refractivity contribution in [2.45, 2.75) is 25.7 Å². The van der Waals surface area contributed by atoms with E-state index in [1.54, 1.807) is 20.2 Å². The summed E-state index contributed by atoms with van der Waals surface area (Å²) in [5.74, 6) is 1.57. The van der Waals surface area contributed by atoms with Crippen molar-refractivity contribution >= 4 is 23.3 Å². The molecule has 0 saturated carbocycles. The van der Waals surface area contributed by atoms with E-state index in [0.717, 1.165) is 31.4 Å². The lowest BCUT2D eigenvalue weighted by Gasteiger charge is -2.33. The van der Waals surface area contributed by atoms with Gasteiger partial charge in [-0.15, -0.1) is 0 Å². The molecule has 1 saturated heterocycles. The Morgan fingerprint density at radius 2 is 2.09 bits per heavy atom. The van der Waals surface area contributed by atoms with E-state index >= 15 is 0 Å². The van der Waals surface area contributed by atoms with Crippen molar-refractivity contribution < 1.29 is 4.79 Å². The van der Waals surface area contributed by atoms with Crippen LogP contribution in [0.3, 0.4) is 0 Å². The van der Waals surface area contributed by atoms with Crippen molar-refractivity contribution in [1.29, 1.82) is 0 Å². The lowest BCUT2D eigenvalue weighted by molar-refractivity contribution is 0.0827. The maximum atomic E-state index is 12.0. The molecule has 1 aliphatic rings. The third kappa shape index (κ3) is 4.82. The first kappa shape index (κ1) is 18.0. The summed E-state index contributed by atoms with van der Waals surface area (Å²) in [6.45, 7) is 3.11. The summed E-state index contributed by atoms with van der Waals surface area (Å²) in [6.07, 6.45) is 4.93. The van der Waals surface area contributed by atoms with Crippen molar-refractivity contribution in [3.63, 3.8) is 0 Å². The van der Waals surface area contributed by atoms with Gasteiger partial charge < -0.3 is 15.1 Å². The fourth-order valence-corrected chi connectivity index (χ4v) is 3.25. The fourth-order valence-electron chi connectivity index (χ4n) is 3.02. The van der Waals surface area contributed by atoms with Gasteiger partial charge in [-0.25, -0.2) is 4.98 Å². The van der Waals surface area contributed by atoms with Crippen molar-refractivity contribution in [2.24, 2.45) is 5.92 Å². The van der Waals surface area contributed by atoms with Crippen molar-refractivity contribution in [3.8, 4) is 0 Å². The quantitative estimate of drug-likeness (QED) is 0.640. The van der Waals surface area contributed by atoms with Gasteiger partial charge in [0, 0.05) is 27.2 Å². The lowest BCUT2D eigenvalue weighted by Crippen LogP contribution is -2.34. The van der Waals surface area contributed by atoms with Gasteiger partial charge in [-0.1, -0.05) is 11.6 Å². The topological polar surface area (TPSA) is 48.5 Å². The molecule has 0 aliphatic carbocycles. The van der Waals surface area contributed by atoms with Crippen LogP contribution in [0.5, 0.6) is 0 Å². The van der Waals surface area contributed by atoms with Crippen LogP contribution in [0.25, 0.3) is 0 Å². The average molecular weight is 339 g/mol. The number of carbonyl (C=O) groups is 1. The third-order valence-electron chi connectivity index (χ3n) is 4.45. The predicted octanol–water partition coefficient (Wildman–Crippen LogP) is 2.65. The van der Waals surface area contributed by atoms with Gasteiger partial charge in [0.25, 0.3) is 5.91 Å². The number of piperidine rings is 1. The van der Waals surface area contributed by atoms with Gasteiger partial charge in [0.1, 0.15) is 11.0 Å². The minimum Gasteiger partial charge on any atom is -0.357 e. The van der Waals surface area contributed by atoms with Gasteiger partial charge >= 0.3 is 0 Å². The maximum absolute atomic E-state index is 12.0. The molecule has 0 aromatic carbocycles. The number of anilines is 1. The first-order valence-corrected chi connectivity index (χ1v) is 8.68. The van der Waals surface area contributed by atoms with Gasteiger partial charge in [-0.3, -0.25) is 4.79 Å². The minimum atomic E-state index is -0.114. The lowest BCUT2D eigenvalue weighted by atomic mass is 9.92. The van der Waals surface area contributed by atoms with Crippen LogP contribution in [0, 0.1) is 5.92 Å². The first-order chi connectivity index (χ1) is 11.0. The second-order valence-electron chi connectivity index (χ2n) is 6.38. The zero-order valence-corrected chi connectivity index (χ0v) is 15.1. The Hall–Kier alpha value is -1.33. The van der Waals surface area contributed by atoms with Crippen LogP contribution < -0.4 is 10.2 Å². The number of hydrogen-bond acceptors (Lipinski definition) is 4. The van der Waals surface area contributed by atoms with E-state index in [-0.39, 0.29) is 11.1 Å². The van der Waals surface area contributed by atoms with Crippen LogP contribution in [-0.2, 0) is 0 Å². The highest BCUT2D eigenvalue weighted by atomic mass is 35.5. The highest BCUT2D eigenvalue weighted by molar-refractivity contribution is 6.32. The molecule has 1 amide bonds. The van der Waals surface area contributed by atoms with E-state index in [1.807, 2.05) is 13.1 Å². The Kier molecular flexibility index (Phi) is 6.66.